The van der Waals surface area contributed by atoms with Crippen LogP contribution in [0.4, 0.5) is 5.69 Å². The van der Waals surface area contributed by atoms with Gasteiger partial charge in [0.15, 0.2) is 11.5 Å². The van der Waals surface area contributed by atoms with Crippen LogP contribution in [0.25, 0.3) is 21.7 Å². The van der Waals surface area contributed by atoms with Crippen LogP contribution in [0.5, 0.6) is 17.2 Å². The number of aromatic nitrogens is 1. The zero-order valence-corrected chi connectivity index (χ0v) is 21.9. The number of fused-ring (bicyclic) bond motifs is 4. The Kier molecular flexibility index (Phi) is 6.34. The number of nitrogens with one attached hydrogen (secondary N) is 1. The molecule has 0 saturated heterocycles. The standard InChI is InChI=1S/C31H27ClN2O4/c1-36-28-13-20-12-25(33-24(20)14-29(28)37-2)31(35)34-17-21(16-32)30-23-11-7-6-10-22(23)27(15-26(30)34)38-18-19-8-4-3-5-9-19/h3-15,21,33H,16-18H2,1-2H3. The van der Waals surface area contributed by atoms with Crippen molar-refractivity contribution in [3.05, 3.63) is 95.7 Å². The molecule has 1 atom stereocenters. The number of carbonyl (C=O) groups excluding carboxylic acids is 1. The van der Waals surface area contributed by atoms with E-state index in [0.29, 0.717) is 36.2 Å². The molecule has 2 heterocycles. The highest BCUT2D eigenvalue weighted by atomic mass is 35.5. The van der Waals surface area contributed by atoms with Crippen molar-refractivity contribution in [2.45, 2.75) is 12.5 Å². The van der Waals surface area contributed by atoms with Crippen LogP contribution in [-0.2, 0) is 6.61 Å². The number of H-pyrrole nitrogens is 1. The van der Waals surface area contributed by atoms with E-state index >= 15 is 0 Å². The minimum atomic E-state index is -0.128. The van der Waals surface area contributed by atoms with Crippen LogP contribution in [0.2, 0.25) is 0 Å². The molecule has 1 aromatic heterocycles. The number of alkyl halides is 1. The average molecular weight is 527 g/mol. The Morgan fingerprint density at radius 1 is 0.921 bits per heavy atom. The van der Waals surface area contributed by atoms with Crippen LogP contribution < -0.4 is 19.1 Å². The van der Waals surface area contributed by atoms with Gasteiger partial charge in [-0.3, -0.25) is 4.79 Å². The Labute approximate surface area is 225 Å². The summed E-state index contributed by atoms with van der Waals surface area (Å²) in [5.41, 5.74) is 4.26. The van der Waals surface area contributed by atoms with Gasteiger partial charge in [-0.05, 0) is 28.6 Å². The molecule has 0 fully saturated rings. The van der Waals surface area contributed by atoms with Gasteiger partial charge < -0.3 is 24.1 Å². The smallest absolute Gasteiger partial charge is 0.274 e. The molecule has 6 rings (SSSR count). The lowest BCUT2D eigenvalue weighted by Crippen LogP contribution is -2.30. The molecule has 4 aromatic carbocycles. The summed E-state index contributed by atoms with van der Waals surface area (Å²) in [5.74, 6) is 2.24. The lowest BCUT2D eigenvalue weighted by Gasteiger charge is -2.19. The van der Waals surface area contributed by atoms with E-state index in [4.69, 9.17) is 25.8 Å². The molecule has 6 nitrogen and oxygen atoms in total. The Balaban J connectivity index is 1.42. The number of anilines is 1. The highest BCUT2D eigenvalue weighted by Gasteiger charge is 2.35. The maximum Gasteiger partial charge on any atom is 0.274 e. The third-order valence-electron chi connectivity index (χ3n) is 7.15. The molecule has 1 amide bonds. The van der Waals surface area contributed by atoms with Crippen molar-refractivity contribution >= 4 is 44.9 Å². The fourth-order valence-electron chi connectivity index (χ4n) is 5.31. The highest BCUT2D eigenvalue weighted by Crippen LogP contribution is 2.46. The van der Waals surface area contributed by atoms with Crippen molar-refractivity contribution < 1.29 is 19.0 Å². The number of ether oxygens (including phenoxy) is 3. The summed E-state index contributed by atoms with van der Waals surface area (Å²) in [6, 6.07) is 25.8. The first-order valence-electron chi connectivity index (χ1n) is 12.5. The predicted octanol–water partition coefficient (Wildman–Crippen LogP) is 6.90. The minimum absolute atomic E-state index is 0.00764. The number of benzene rings is 4. The molecular weight excluding hydrogens is 500 g/mol. The van der Waals surface area contributed by atoms with Crippen LogP contribution in [-0.4, -0.2) is 37.5 Å². The van der Waals surface area contributed by atoms with Gasteiger partial charge in [0.25, 0.3) is 5.91 Å². The van der Waals surface area contributed by atoms with Gasteiger partial charge in [0, 0.05) is 46.8 Å². The zero-order valence-electron chi connectivity index (χ0n) is 21.2. The summed E-state index contributed by atoms with van der Waals surface area (Å²) >= 11 is 6.46. The molecule has 1 aliphatic heterocycles. The normalized spacial score (nSPS) is 14.6. The van der Waals surface area contributed by atoms with E-state index in [1.165, 1.54) is 0 Å². The molecule has 5 aromatic rings. The summed E-state index contributed by atoms with van der Waals surface area (Å²) in [4.78, 5) is 19.0. The number of carbonyl (C=O) groups is 1. The molecule has 0 bridgehead atoms. The molecule has 1 N–H and O–H groups in total. The van der Waals surface area contributed by atoms with E-state index in [1.807, 2.05) is 71.6 Å². The largest absolute Gasteiger partial charge is 0.493 e. The molecule has 0 spiro atoms. The molecular formula is C31H27ClN2O4. The lowest BCUT2D eigenvalue weighted by atomic mass is 9.95. The van der Waals surface area contributed by atoms with Crippen molar-refractivity contribution in [1.82, 2.24) is 4.98 Å². The number of rotatable bonds is 7. The minimum Gasteiger partial charge on any atom is -0.493 e. The van der Waals surface area contributed by atoms with Crippen molar-refractivity contribution in [2.75, 3.05) is 31.5 Å². The molecule has 0 aliphatic carbocycles. The summed E-state index contributed by atoms with van der Waals surface area (Å²) in [7, 11) is 3.19. The van der Waals surface area contributed by atoms with Crippen LogP contribution in [0.15, 0.2) is 78.9 Å². The second-order valence-electron chi connectivity index (χ2n) is 9.37. The lowest BCUT2D eigenvalue weighted by molar-refractivity contribution is 0.0984. The second-order valence-corrected chi connectivity index (χ2v) is 9.68. The molecule has 0 radical (unpaired) electrons. The first-order valence-corrected chi connectivity index (χ1v) is 13.0. The number of amides is 1. The van der Waals surface area contributed by atoms with E-state index in [1.54, 1.807) is 14.2 Å². The van der Waals surface area contributed by atoms with Gasteiger partial charge in [0.05, 0.1) is 19.9 Å². The van der Waals surface area contributed by atoms with Gasteiger partial charge in [0.1, 0.15) is 18.1 Å². The first-order chi connectivity index (χ1) is 18.6. The third-order valence-corrected chi connectivity index (χ3v) is 7.52. The Morgan fingerprint density at radius 2 is 1.63 bits per heavy atom. The van der Waals surface area contributed by atoms with Crippen LogP contribution >= 0.6 is 11.6 Å². The fourth-order valence-corrected chi connectivity index (χ4v) is 5.56. The summed E-state index contributed by atoms with van der Waals surface area (Å²) in [6.07, 6.45) is 0. The molecule has 1 unspecified atom stereocenters. The molecule has 38 heavy (non-hydrogen) atoms. The number of hydrogen-bond acceptors (Lipinski definition) is 4. The van der Waals surface area contributed by atoms with Gasteiger partial charge in [-0.2, -0.15) is 0 Å². The molecule has 192 valence electrons. The highest BCUT2D eigenvalue weighted by molar-refractivity contribution is 6.19. The number of nitrogens with zero attached hydrogens (tertiary/aromatic N) is 1. The van der Waals surface area contributed by atoms with Crippen molar-refractivity contribution in [3.8, 4) is 17.2 Å². The first kappa shape index (κ1) is 24.2. The number of aromatic amines is 1. The summed E-state index contributed by atoms with van der Waals surface area (Å²) in [6.45, 7) is 0.925. The van der Waals surface area contributed by atoms with Crippen molar-refractivity contribution in [2.24, 2.45) is 0 Å². The second kappa shape index (κ2) is 9.95. The van der Waals surface area contributed by atoms with E-state index in [2.05, 4.69) is 17.1 Å². The Hall–Kier alpha value is -4.16. The van der Waals surface area contributed by atoms with Crippen LogP contribution in [0.1, 0.15) is 27.5 Å². The third kappa shape index (κ3) is 4.11. The van der Waals surface area contributed by atoms with Gasteiger partial charge in [-0.15, -0.1) is 11.6 Å². The van der Waals surface area contributed by atoms with Crippen molar-refractivity contribution in [1.29, 1.82) is 0 Å². The molecule has 1 aliphatic rings. The van der Waals surface area contributed by atoms with E-state index in [0.717, 1.165) is 44.2 Å². The predicted molar refractivity (Wildman–Crippen MR) is 151 cm³/mol. The van der Waals surface area contributed by atoms with Gasteiger partial charge in [-0.25, -0.2) is 0 Å². The maximum absolute atomic E-state index is 13.9. The topological polar surface area (TPSA) is 63.8 Å². The Bertz CT molecular complexity index is 1610. The van der Waals surface area contributed by atoms with Gasteiger partial charge in [-0.1, -0.05) is 54.6 Å². The molecule has 0 saturated carbocycles. The van der Waals surface area contributed by atoms with Crippen LogP contribution in [0.3, 0.4) is 0 Å². The summed E-state index contributed by atoms with van der Waals surface area (Å²) in [5, 5.41) is 2.93. The number of methoxy groups -OCH3 is 2. The zero-order chi connectivity index (χ0) is 26.2. The SMILES string of the molecule is COc1cc2cc(C(=O)N3CC(CCl)c4c3cc(OCc3ccccc3)c3ccccc43)[nH]c2cc1OC. The van der Waals surface area contributed by atoms with Gasteiger partial charge in [0.2, 0.25) is 0 Å². The fraction of sp³-hybridized carbons (Fsp3) is 0.194. The van der Waals surface area contributed by atoms with Gasteiger partial charge >= 0.3 is 0 Å². The number of hydrogen-bond donors (Lipinski definition) is 1. The summed E-state index contributed by atoms with van der Waals surface area (Å²) < 4.78 is 17.2. The monoisotopic (exact) mass is 526 g/mol. The average Bonchev–Trinajstić information content (AvgIpc) is 3.56. The molecule has 7 heteroatoms. The Morgan fingerprint density at radius 3 is 2.37 bits per heavy atom. The quantitative estimate of drug-likeness (QED) is 0.234. The number of halogens is 1. The maximum atomic E-state index is 13.9. The van der Waals surface area contributed by atoms with Crippen LogP contribution in [0, 0.1) is 0 Å². The van der Waals surface area contributed by atoms with E-state index < -0.39 is 0 Å². The van der Waals surface area contributed by atoms with E-state index in [-0.39, 0.29) is 11.8 Å². The van der Waals surface area contributed by atoms with Crippen molar-refractivity contribution in [3.63, 3.8) is 0 Å². The van der Waals surface area contributed by atoms with E-state index in [9.17, 15) is 4.79 Å².